The number of hydrogen-bond acceptors (Lipinski definition) is 2. The Bertz CT molecular complexity index is 796. The Kier molecular flexibility index (Phi) is 4.96. The van der Waals surface area contributed by atoms with Crippen molar-refractivity contribution in [2.75, 3.05) is 13.2 Å². The summed E-state index contributed by atoms with van der Waals surface area (Å²) < 4.78 is 7.58. The number of nitrogens with one attached hydrogen (secondary N) is 1. The fourth-order valence-electron chi connectivity index (χ4n) is 2.48. The summed E-state index contributed by atoms with van der Waals surface area (Å²) in [5, 5.41) is 2.89. The molecule has 4 nitrogen and oxygen atoms in total. The Balaban J connectivity index is 1.58. The SMILES string of the molecule is Cc1ccc(C(=O)NCCOc2ccccc2)cc1-n1cccc1. The maximum Gasteiger partial charge on any atom is 0.251 e. The summed E-state index contributed by atoms with van der Waals surface area (Å²) in [6.45, 7) is 2.93. The largest absolute Gasteiger partial charge is 0.492 e. The van der Waals surface area contributed by atoms with Gasteiger partial charge in [-0.25, -0.2) is 0 Å². The van der Waals surface area contributed by atoms with E-state index in [9.17, 15) is 4.79 Å². The van der Waals surface area contributed by atoms with Crippen molar-refractivity contribution >= 4 is 5.91 Å². The number of carbonyl (C=O) groups excluding carboxylic acids is 1. The molecule has 0 atom stereocenters. The van der Waals surface area contributed by atoms with Crippen LogP contribution in [0.15, 0.2) is 73.1 Å². The van der Waals surface area contributed by atoms with Gasteiger partial charge in [-0.3, -0.25) is 4.79 Å². The van der Waals surface area contributed by atoms with Crippen LogP contribution in [0.1, 0.15) is 15.9 Å². The number of benzene rings is 2. The highest BCUT2D eigenvalue weighted by Crippen LogP contribution is 2.16. The van der Waals surface area contributed by atoms with Crippen LogP contribution < -0.4 is 10.1 Å². The number of nitrogens with zero attached hydrogens (tertiary/aromatic N) is 1. The summed E-state index contributed by atoms with van der Waals surface area (Å²) in [6.07, 6.45) is 3.94. The average Bonchev–Trinajstić information content (AvgIpc) is 3.14. The summed E-state index contributed by atoms with van der Waals surface area (Å²) in [5.41, 5.74) is 2.77. The van der Waals surface area contributed by atoms with Crippen molar-refractivity contribution in [3.05, 3.63) is 84.2 Å². The first-order valence-electron chi connectivity index (χ1n) is 7.94. The molecule has 4 heteroatoms. The standard InChI is InChI=1S/C20H20N2O2/c1-16-9-10-17(15-19(16)22-12-5-6-13-22)20(23)21-11-14-24-18-7-3-2-4-8-18/h2-10,12-13,15H,11,14H2,1H3,(H,21,23). The van der Waals surface area contributed by atoms with Crippen molar-refractivity contribution in [3.8, 4) is 11.4 Å². The number of aryl methyl sites for hydroxylation is 1. The maximum absolute atomic E-state index is 12.3. The molecule has 0 fully saturated rings. The van der Waals surface area contributed by atoms with Crippen LogP contribution in [0, 0.1) is 6.92 Å². The second-order valence-corrected chi connectivity index (χ2v) is 5.51. The summed E-state index contributed by atoms with van der Waals surface area (Å²) >= 11 is 0. The lowest BCUT2D eigenvalue weighted by Crippen LogP contribution is -2.28. The Morgan fingerprint density at radius 3 is 2.54 bits per heavy atom. The monoisotopic (exact) mass is 320 g/mol. The lowest BCUT2D eigenvalue weighted by molar-refractivity contribution is 0.0947. The third kappa shape index (κ3) is 3.84. The lowest BCUT2D eigenvalue weighted by Gasteiger charge is -2.11. The van der Waals surface area contributed by atoms with Gasteiger partial charge in [0.2, 0.25) is 0 Å². The minimum atomic E-state index is -0.0972. The van der Waals surface area contributed by atoms with Crippen LogP contribution in [-0.2, 0) is 0 Å². The highest BCUT2D eigenvalue weighted by molar-refractivity contribution is 5.94. The highest BCUT2D eigenvalue weighted by atomic mass is 16.5. The Morgan fingerprint density at radius 2 is 1.79 bits per heavy atom. The molecule has 1 aromatic heterocycles. The van der Waals surface area contributed by atoms with E-state index in [-0.39, 0.29) is 5.91 Å². The molecular weight excluding hydrogens is 300 g/mol. The van der Waals surface area contributed by atoms with Gasteiger partial charge in [-0.15, -0.1) is 0 Å². The third-order valence-electron chi connectivity index (χ3n) is 3.75. The molecule has 0 bridgehead atoms. The fourth-order valence-corrected chi connectivity index (χ4v) is 2.48. The molecule has 1 N–H and O–H groups in total. The Morgan fingerprint density at radius 1 is 1.04 bits per heavy atom. The van der Waals surface area contributed by atoms with E-state index in [1.54, 1.807) is 0 Å². The molecule has 0 aliphatic heterocycles. The molecule has 0 spiro atoms. The topological polar surface area (TPSA) is 43.3 Å². The molecule has 2 aromatic carbocycles. The predicted octanol–water partition coefficient (Wildman–Crippen LogP) is 3.59. The molecule has 3 aromatic rings. The van der Waals surface area contributed by atoms with E-state index < -0.39 is 0 Å². The van der Waals surface area contributed by atoms with Crippen molar-refractivity contribution in [2.24, 2.45) is 0 Å². The summed E-state index contributed by atoms with van der Waals surface area (Å²) in [5.74, 6) is 0.706. The number of aromatic nitrogens is 1. The van der Waals surface area contributed by atoms with Crippen molar-refractivity contribution in [3.63, 3.8) is 0 Å². The maximum atomic E-state index is 12.3. The minimum Gasteiger partial charge on any atom is -0.492 e. The van der Waals surface area contributed by atoms with Crippen LogP contribution in [0.2, 0.25) is 0 Å². The first kappa shape index (κ1) is 15.9. The van der Waals surface area contributed by atoms with Gasteiger partial charge in [0.15, 0.2) is 0 Å². The summed E-state index contributed by atoms with van der Waals surface area (Å²) in [6, 6.07) is 19.2. The van der Waals surface area contributed by atoms with Gasteiger partial charge in [-0.2, -0.15) is 0 Å². The number of hydrogen-bond donors (Lipinski definition) is 1. The second kappa shape index (κ2) is 7.51. The first-order valence-corrected chi connectivity index (χ1v) is 7.94. The van der Waals surface area contributed by atoms with Crippen molar-refractivity contribution < 1.29 is 9.53 Å². The van der Waals surface area contributed by atoms with Crippen LogP contribution >= 0.6 is 0 Å². The van der Waals surface area contributed by atoms with Crippen LogP contribution in [0.4, 0.5) is 0 Å². The number of para-hydroxylation sites is 1. The lowest BCUT2D eigenvalue weighted by atomic mass is 10.1. The predicted molar refractivity (Wildman–Crippen MR) is 94.8 cm³/mol. The van der Waals surface area contributed by atoms with E-state index in [1.807, 2.05) is 84.5 Å². The van der Waals surface area contributed by atoms with Crippen LogP contribution in [-0.4, -0.2) is 23.6 Å². The van der Waals surface area contributed by atoms with Crippen molar-refractivity contribution in [2.45, 2.75) is 6.92 Å². The van der Waals surface area contributed by atoms with Gasteiger partial charge in [0.05, 0.1) is 6.54 Å². The molecule has 0 unspecified atom stereocenters. The Hall–Kier alpha value is -3.01. The molecule has 0 saturated heterocycles. The first-order chi connectivity index (χ1) is 11.7. The minimum absolute atomic E-state index is 0.0972. The molecule has 24 heavy (non-hydrogen) atoms. The smallest absolute Gasteiger partial charge is 0.251 e. The zero-order chi connectivity index (χ0) is 16.8. The highest BCUT2D eigenvalue weighted by Gasteiger charge is 2.08. The molecule has 0 aliphatic rings. The number of carbonyl (C=O) groups is 1. The zero-order valence-electron chi connectivity index (χ0n) is 13.6. The zero-order valence-corrected chi connectivity index (χ0v) is 13.6. The van der Waals surface area contributed by atoms with Gasteiger partial charge in [-0.1, -0.05) is 24.3 Å². The number of ether oxygens (including phenoxy) is 1. The van der Waals surface area contributed by atoms with Gasteiger partial charge in [-0.05, 0) is 48.9 Å². The average molecular weight is 320 g/mol. The van der Waals surface area contributed by atoms with Gasteiger partial charge < -0.3 is 14.6 Å². The molecule has 0 radical (unpaired) electrons. The summed E-state index contributed by atoms with van der Waals surface area (Å²) in [4.78, 5) is 12.3. The quantitative estimate of drug-likeness (QED) is 0.705. The van der Waals surface area contributed by atoms with Gasteiger partial charge in [0.25, 0.3) is 5.91 Å². The van der Waals surface area contributed by atoms with Crippen molar-refractivity contribution in [1.82, 2.24) is 9.88 Å². The van der Waals surface area contributed by atoms with Crippen LogP contribution in [0.25, 0.3) is 5.69 Å². The fraction of sp³-hybridized carbons (Fsp3) is 0.150. The molecular formula is C20H20N2O2. The molecule has 0 aliphatic carbocycles. The molecule has 122 valence electrons. The number of amides is 1. The van der Waals surface area contributed by atoms with Gasteiger partial charge in [0, 0.05) is 23.6 Å². The van der Waals surface area contributed by atoms with E-state index in [1.165, 1.54) is 0 Å². The van der Waals surface area contributed by atoms with Crippen LogP contribution in [0.3, 0.4) is 0 Å². The molecule has 0 saturated carbocycles. The normalized spacial score (nSPS) is 10.4. The van der Waals surface area contributed by atoms with E-state index in [0.29, 0.717) is 18.7 Å². The van der Waals surface area contributed by atoms with E-state index >= 15 is 0 Å². The van der Waals surface area contributed by atoms with Gasteiger partial charge >= 0.3 is 0 Å². The molecule has 1 amide bonds. The second-order valence-electron chi connectivity index (χ2n) is 5.51. The van der Waals surface area contributed by atoms with E-state index in [4.69, 9.17) is 4.74 Å². The van der Waals surface area contributed by atoms with E-state index in [2.05, 4.69) is 5.32 Å². The van der Waals surface area contributed by atoms with E-state index in [0.717, 1.165) is 17.0 Å². The third-order valence-corrected chi connectivity index (χ3v) is 3.75. The van der Waals surface area contributed by atoms with Gasteiger partial charge in [0.1, 0.15) is 12.4 Å². The van der Waals surface area contributed by atoms with Crippen molar-refractivity contribution in [1.29, 1.82) is 0 Å². The summed E-state index contributed by atoms with van der Waals surface area (Å²) in [7, 11) is 0. The number of rotatable bonds is 6. The molecule has 1 heterocycles. The molecule has 3 rings (SSSR count). The Labute approximate surface area is 141 Å². The van der Waals surface area contributed by atoms with Crippen LogP contribution in [0.5, 0.6) is 5.75 Å².